The van der Waals surface area contributed by atoms with E-state index >= 15 is 0 Å². The number of hydrogen-bond donors (Lipinski definition) is 0. The first kappa shape index (κ1) is 7.88. The largest absolute Gasteiger partial charge is 0.510 e. The van der Waals surface area contributed by atoms with Gasteiger partial charge in [0, 0.05) is 15.6 Å². The van der Waals surface area contributed by atoms with Gasteiger partial charge in [0.15, 0.2) is 0 Å². The third kappa shape index (κ3) is 2.26. The molecule has 0 saturated carbocycles. The molecule has 46 valence electrons. The van der Waals surface area contributed by atoms with Crippen LogP contribution in [0.3, 0.4) is 0 Å². The highest BCUT2D eigenvalue weighted by Gasteiger charge is 2.44. The van der Waals surface area contributed by atoms with Crippen molar-refractivity contribution >= 4 is 29.2 Å². The van der Waals surface area contributed by atoms with Gasteiger partial charge in [-0.2, -0.15) is 13.2 Å². The Kier molecular flexibility index (Phi) is 2.40. The Morgan fingerprint density at radius 1 is 1.50 bits per heavy atom. The molecule has 0 heterocycles. The van der Waals surface area contributed by atoms with Crippen molar-refractivity contribution in [3.63, 3.8) is 0 Å². The maximum atomic E-state index is 11.1. The average molecular weight is 163 g/mol. The molecule has 0 aromatic carbocycles. The molecule has 0 aliphatic heterocycles. The van der Waals surface area contributed by atoms with E-state index in [9.17, 15) is 13.2 Å². The van der Waals surface area contributed by atoms with E-state index in [1.807, 2.05) is 0 Å². The Morgan fingerprint density at radius 2 is 1.88 bits per heavy atom. The van der Waals surface area contributed by atoms with Crippen molar-refractivity contribution < 1.29 is 13.2 Å². The van der Waals surface area contributed by atoms with Gasteiger partial charge >= 0.3 is 23.8 Å². The maximum Gasteiger partial charge on any atom is 0.510 e. The van der Waals surface area contributed by atoms with Gasteiger partial charge in [-0.25, -0.2) is 0 Å². The second-order valence-electron chi connectivity index (χ2n) is 0.880. The molecule has 0 bridgehead atoms. The quantitative estimate of drug-likeness (QED) is 0.383. The SMILES string of the molecule is FC(F)(F)C(Cl)=[N+]=S. The molecule has 8 heavy (non-hydrogen) atoms. The molecular formula is C2ClF3NS+. The van der Waals surface area contributed by atoms with Crippen molar-refractivity contribution in [2.45, 2.75) is 6.18 Å². The minimum absolute atomic E-state index is 1.51. The Labute approximate surface area is 53.3 Å². The van der Waals surface area contributed by atoms with E-state index in [0.717, 1.165) is 0 Å². The molecule has 1 nitrogen and oxygen atoms in total. The van der Waals surface area contributed by atoms with E-state index in [1.54, 1.807) is 0 Å². The number of nitrogens with zero attached hydrogens (tertiary/aromatic N) is 1. The van der Waals surface area contributed by atoms with Crippen LogP contribution in [0.5, 0.6) is 0 Å². The first-order valence-electron chi connectivity index (χ1n) is 1.41. The summed E-state index contributed by atoms with van der Waals surface area (Å²) < 4.78 is 35.7. The molecule has 0 amide bonds. The summed E-state index contributed by atoms with van der Waals surface area (Å²) in [6, 6.07) is 0. The standard InChI is InChI=1S/C2ClF3NS/c3-1(7-8)2(4,5)6/q+1. The van der Waals surface area contributed by atoms with Gasteiger partial charge in [-0.3, -0.25) is 0 Å². The molecule has 0 atom stereocenters. The molecule has 0 rings (SSSR count). The van der Waals surface area contributed by atoms with Crippen LogP contribution in [0.1, 0.15) is 0 Å². The lowest BCUT2D eigenvalue weighted by Crippen LogP contribution is -2.18. The van der Waals surface area contributed by atoms with Gasteiger partial charge in [-0.15, -0.1) is 0 Å². The van der Waals surface area contributed by atoms with E-state index in [0.29, 0.717) is 0 Å². The van der Waals surface area contributed by atoms with Gasteiger partial charge in [0.1, 0.15) is 0 Å². The highest BCUT2D eigenvalue weighted by molar-refractivity contribution is 7.46. The number of alkyl halides is 3. The molecule has 0 N–H and O–H groups in total. The van der Waals surface area contributed by atoms with Crippen LogP contribution in [0.4, 0.5) is 13.2 Å². The van der Waals surface area contributed by atoms with E-state index in [2.05, 4.69) is 28.1 Å². The summed E-state index contributed by atoms with van der Waals surface area (Å²) in [4.78, 5) is 0. The van der Waals surface area contributed by atoms with Gasteiger partial charge in [-0.05, 0) is 0 Å². The smallest absolute Gasteiger partial charge is 0.159 e. The molecule has 0 saturated heterocycles. The Hall–Kier alpha value is -0.120. The minimum atomic E-state index is -4.58. The topological polar surface area (TPSA) is 14.1 Å². The fourth-order valence-electron chi connectivity index (χ4n) is 0.0518. The highest BCUT2D eigenvalue weighted by Crippen LogP contribution is 2.16. The molecule has 0 unspecified atom stereocenters. The van der Waals surface area contributed by atoms with Crippen LogP contribution in [0.2, 0.25) is 0 Å². The average Bonchev–Trinajstić information content (AvgIpc) is 1.62. The van der Waals surface area contributed by atoms with Gasteiger partial charge in [0.05, 0.1) is 0 Å². The van der Waals surface area contributed by atoms with Gasteiger partial charge in [-0.1, -0.05) is 0 Å². The summed E-state index contributed by atoms with van der Waals surface area (Å²) in [6.45, 7) is 0. The minimum Gasteiger partial charge on any atom is -0.159 e. The molecule has 0 fully saturated rings. The first-order chi connectivity index (χ1) is 3.48. The third-order valence-corrected chi connectivity index (χ3v) is 0.896. The van der Waals surface area contributed by atoms with E-state index in [4.69, 9.17) is 0 Å². The van der Waals surface area contributed by atoms with Crippen molar-refractivity contribution in [2.75, 3.05) is 0 Å². The van der Waals surface area contributed by atoms with E-state index < -0.39 is 11.3 Å². The lowest BCUT2D eigenvalue weighted by atomic mass is 10.7. The molecular weight excluding hydrogens is 163 g/mol. The van der Waals surface area contributed by atoms with E-state index in [1.165, 1.54) is 0 Å². The Bertz CT molecular complexity index is 135. The number of hydrogen-bond acceptors (Lipinski definition) is 1. The fourth-order valence-corrected chi connectivity index (χ4v) is 0.155. The zero-order valence-electron chi connectivity index (χ0n) is 3.37. The molecule has 0 aromatic rings. The van der Waals surface area contributed by atoms with Crippen molar-refractivity contribution in [1.29, 1.82) is 0 Å². The van der Waals surface area contributed by atoms with Crippen molar-refractivity contribution in [3.8, 4) is 0 Å². The summed E-state index contributed by atoms with van der Waals surface area (Å²) in [5.41, 5.74) is 0. The first-order valence-corrected chi connectivity index (χ1v) is 2.16. The molecule has 0 aromatic heterocycles. The second kappa shape index (κ2) is 2.44. The number of halogens is 4. The summed E-state index contributed by atoms with van der Waals surface area (Å²) in [7, 11) is 0. The van der Waals surface area contributed by atoms with E-state index in [-0.39, 0.29) is 0 Å². The van der Waals surface area contributed by atoms with Crippen LogP contribution in [0, 0.1) is 0 Å². The molecule has 0 radical (unpaired) electrons. The van der Waals surface area contributed by atoms with Crippen molar-refractivity contribution in [1.82, 2.24) is 4.04 Å². The predicted octanol–water partition coefficient (Wildman–Crippen LogP) is 0.984. The van der Waals surface area contributed by atoms with Crippen LogP contribution in [0.15, 0.2) is 0 Å². The normalized spacial score (nSPS) is 10.5. The summed E-state index contributed by atoms with van der Waals surface area (Å²) in [5.74, 6) is 0. The monoisotopic (exact) mass is 162 g/mol. The lowest BCUT2D eigenvalue weighted by molar-refractivity contribution is -0.0559. The molecule has 0 aliphatic carbocycles. The summed E-state index contributed by atoms with van der Waals surface area (Å²) >= 11 is 8.12. The Morgan fingerprint density at radius 3 is 1.88 bits per heavy atom. The third-order valence-electron chi connectivity index (χ3n) is 0.314. The second-order valence-corrected chi connectivity index (χ2v) is 1.42. The zero-order valence-corrected chi connectivity index (χ0v) is 4.94. The zero-order chi connectivity index (χ0) is 6.78. The maximum absolute atomic E-state index is 11.1. The summed E-state index contributed by atoms with van der Waals surface area (Å²) in [5, 5.41) is -1.51. The van der Waals surface area contributed by atoms with Crippen LogP contribution in [0.25, 0.3) is 0 Å². The van der Waals surface area contributed by atoms with Crippen molar-refractivity contribution in [3.05, 3.63) is 0 Å². The number of rotatable bonds is 0. The molecule has 6 heteroatoms. The van der Waals surface area contributed by atoms with Crippen LogP contribution in [-0.4, -0.2) is 11.3 Å². The highest BCUT2D eigenvalue weighted by atomic mass is 35.5. The van der Waals surface area contributed by atoms with Crippen molar-refractivity contribution in [2.24, 2.45) is 0 Å². The molecule has 0 spiro atoms. The van der Waals surface area contributed by atoms with Gasteiger partial charge in [0.25, 0.3) is 0 Å². The van der Waals surface area contributed by atoms with Gasteiger partial charge < -0.3 is 0 Å². The molecule has 0 aliphatic rings. The van der Waals surface area contributed by atoms with Crippen LogP contribution < -0.4 is 4.04 Å². The Balaban J connectivity index is 4.26. The lowest BCUT2D eigenvalue weighted by Gasteiger charge is -1.88. The van der Waals surface area contributed by atoms with Crippen LogP contribution >= 0.6 is 11.6 Å². The van der Waals surface area contributed by atoms with Crippen LogP contribution in [-0.2, 0) is 12.4 Å². The summed E-state index contributed by atoms with van der Waals surface area (Å²) in [6.07, 6.45) is -4.58. The van der Waals surface area contributed by atoms with Gasteiger partial charge in [0.2, 0.25) is 0 Å². The fraction of sp³-hybridized carbons (Fsp3) is 0.500. The predicted molar refractivity (Wildman–Crippen MR) is 26.4 cm³/mol.